The summed E-state index contributed by atoms with van der Waals surface area (Å²) >= 11 is 0. The molecule has 20 heavy (non-hydrogen) atoms. The number of hydrogen-bond donors (Lipinski definition) is 1. The van der Waals surface area contributed by atoms with E-state index in [-0.39, 0.29) is 6.10 Å². The fourth-order valence-electron chi connectivity index (χ4n) is 3.22. The predicted octanol–water partition coefficient (Wildman–Crippen LogP) is 4.21. The molecular formula is C17H28N2O. The van der Waals surface area contributed by atoms with Crippen molar-refractivity contribution in [3.63, 3.8) is 0 Å². The number of ether oxygens (including phenoxy) is 1. The van der Waals surface area contributed by atoms with E-state index in [9.17, 15) is 0 Å². The smallest absolute Gasteiger partial charge is 0.144 e. The molecule has 2 unspecified atom stereocenters. The molecule has 1 fully saturated rings. The van der Waals surface area contributed by atoms with Crippen LogP contribution < -0.4 is 15.4 Å². The van der Waals surface area contributed by atoms with Gasteiger partial charge in [-0.3, -0.25) is 0 Å². The predicted molar refractivity (Wildman–Crippen MR) is 86.5 cm³/mol. The van der Waals surface area contributed by atoms with E-state index in [4.69, 9.17) is 10.5 Å². The Balaban J connectivity index is 2.30. The highest BCUT2D eigenvalue weighted by Gasteiger charge is 2.31. The van der Waals surface area contributed by atoms with E-state index in [1.165, 1.54) is 31.4 Å². The molecule has 0 spiro atoms. The minimum Gasteiger partial charge on any atom is -0.489 e. The largest absolute Gasteiger partial charge is 0.489 e. The third-order valence-electron chi connectivity index (χ3n) is 4.22. The Morgan fingerprint density at radius 3 is 2.30 bits per heavy atom. The van der Waals surface area contributed by atoms with Crippen molar-refractivity contribution < 1.29 is 4.74 Å². The third kappa shape index (κ3) is 3.02. The van der Waals surface area contributed by atoms with Gasteiger partial charge in [-0.05, 0) is 51.7 Å². The molecule has 1 heterocycles. The van der Waals surface area contributed by atoms with Gasteiger partial charge < -0.3 is 15.4 Å². The van der Waals surface area contributed by atoms with E-state index in [1.54, 1.807) is 0 Å². The zero-order valence-electron chi connectivity index (χ0n) is 13.2. The number of nitrogens with two attached hydrogens (primary N) is 1. The van der Waals surface area contributed by atoms with Crippen LogP contribution in [0.5, 0.6) is 5.75 Å². The standard InChI is InChI=1S/C17H28N2O/c1-5-13-7-8-14(6-2)19(13)15-9-10-16(18)17(11-15)20-12(3)4/h9-14H,5-8,18H2,1-4H3. The van der Waals surface area contributed by atoms with Crippen molar-refractivity contribution in [3.8, 4) is 5.75 Å². The van der Waals surface area contributed by atoms with Crippen molar-refractivity contribution in [3.05, 3.63) is 18.2 Å². The van der Waals surface area contributed by atoms with Crippen molar-refractivity contribution in [1.82, 2.24) is 0 Å². The molecule has 2 N–H and O–H groups in total. The van der Waals surface area contributed by atoms with E-state index < -0.39 is 0 Å². The van der Waals surface area contributed by atoms with Crippen molar-refractivity contribution in [2.75, 3.05) is 10.6 Å². The van der Waals surface area contributed by atoms with E-state index in [1.807, 2.05) is 19.9 Å². The van der Waals surface area contributed by atoms with Gasteiger partial charge in [0.05, 0.1) is 11.8 Å². The number of anilines is 2. The van der Waals surface area contributed by atoms with Crippen LogP contribution >= 0.6 is 0 Å². The molecule has 0 aliphatic carbocycles. The van der Waals surface area contributed by atoms with Crippen molar-refractivity contribution >= 4 is 11.4 Å². The second-order valence-corrected chi connectivity index (χ2v) is 6.00. The average Bonchev–Trinajstić information content (AvgIpc) is 2.83. The zero-order chi connectivity index (χ0) is 14.7. The van der Waals surface area contributed by atoms with Gasteiger partial charge in [0.15, 0.2) is 0 Å². The first-order valence-corrected chi connectivity index (χ1v) is 7.91. The summed E-state index contributed by atoms with van der Waals surface area (Å²) in [6.45, 7) is 8.62. The summed E-state index contributed by atoms with van der Waals surface area (Å²) in [5.41, 5.74) is 8.01. The number of nitrogen functional groups attached to an aromatic ring is 1. The second kappa shape index (κ2) is 6.38. The van der Waals surface area contributed by atoms with E-state index in [0.717, 1.165) is 11.4 Å². The fourth-order valence-corrected chi connectivity index (χ4v) is 3.22. The highest BCUT2D eigenvalue weighted by atomic mass is 16.5. The molecule has 1 aliphatic heterocycles. The van der Waals surface area contributed by atoms with Crippen LogP contribution in [0.3, 0.4) is 0 Å². The Morgan fingerprint density at radius 2 is 1.80 bits per heavy atom. The SMILES string of the molecule is CCC1CCC(CC)N1c1ccc(N)c(OC(C)C)c1. The highest BCUT2D eigenvalue weighted by molar-refractivity contribution is 5.63. The molecule has 3 heteroatoms. The molecule has 0 radical (unpaired) electrons. The quantitative estimate of drug-likeness (QED) is 0.819. The summed E-state index contributed by atoms with van der Waals surface area (Å²) in [5, 5.41) is 0. The molecule has 0 amide bonds. The van der Waals surface area contributed by atoms with Gasteiger partial charge in [0.1, 0.15) is 5.75 Å². The lowest BCUT2D eigenvalue weighted by Gasteiger charge is -2.32. The molecule has 2 atom stereocenters. The molecule has 0 bridgehead atoms. The lowest BCUT2D eigenvalue weighted by atomic mass is 10.1. The molecular weight excluding hydrogens is 248 g/mol. The lowest BCUT2D eigenvalue weighted by molar-refractivity contribution is 0.244. The number of hydrogen-bond acceptors (Lipinski definition) is 3. The summed E-state index contributed by atoms with van der Waals surface area (Å²) in [6, 6.07) is 7.53. The van der Waals surface area contributed by atoms with Crippen LogP contribution in [-0.4, -0.2) is 18.2 Å². The van der Waals surface area contributed by atoms with Crippen molar-refractivity contribution in [2.24, 2.45) is 0 Å². The summed E-state index contributed by atoms with van der Waals surface area (Å²) < 4.78 is 5.83. The monoisotopic (exact) mass is 276 g/mol. The molecule has 0 saturated carbocycles. The van der Waals surface area contributed by atoms with E-state index in [2.05, 4.69) is 30.9 Å². The fraction of sp³-hybridized carbons (Fsp3) is 0.647. The topological polar surface area (TPSA) is 38.5 Å². The summed E-state index contributed by atoms with van der Waals surface area (Å²) in [7, 11) is 0. The van der Waals surface area contributed by atoms with Crippen molar-refractivity contribution in [2.45, 2.75) is 71.6 Å². The number of benzene rings is 1. The van der Waals surface area contributed by atoms with Crippen molar-refractivity contribution in [1.29, 1.82) is 0 Å². The van der Waals surface area contributed by atoms with E-state index in [0.29, 0.717) is 12.1 Å². The van der Waals surface area contributed by atoms with Gasteiger partial charge in [-0.25, -0.2) is 0 Å². The Morgan fingerprint density at radius 1 is 1.20 bits per heavy atom. The second-order valence-electron chi connectivity index (χ2n) is 6.00. The summed E-state index contributed by atoms with van der Waals surface area (Å²) in [6.07, 6.45) is 5.12. The van der Waals surface area contributed by atoms with Crippen LogP contribution in [0.2, 0.25) is 0 Å². The van der Waals surface area contributed by atoms with Gasteiger partial charge >= 0.3 is 0 Å². The normalized spacial score (nSPS) is 22.6. The molecule has 3 nitrogen and oxygen atoms in total. The molecule has 1 aliphatic rings. The molecule has 0 aromatic heterocycles. The minimum atomic E-state index is 0.148. The van der Waals surface area contributed by atoms with Crippen LogP contribution in [0.25, 0.3) is 0 Å². The number of nitrogens with zero attached hydrogens (tertiary/aromatic N) is 1. The molecule has 1 aromatic carbocycles. The highest BCUT2D eigenvalue weighted by Crippen LogP contribution is 2.37. The van der Waals surface area contributed by atoms with Gasteiger partial charge in [0.25, 0.3) is 0 Å². The van der Waals surface area contributed by atoms with Crippen LogP contribution in [0, 0.1) is 0 Å². The Bertz CT molecular complexity index is 433. The minimum absolute atomic E-state index is 0.148. The first-order chi connectivity index (χ1) is 9.56. The van der Waals surface area contributed by atoms with Gasteiger partial charge in [-0.1, -0.05) is 13.8 Å². The van der Waals surface area contributed by atoms with Crippen LogP contribution in [0.1, 0.15) is 53.4 Å². The van der Waals surface area contributed by atoms with Gasteiger partial charge in [-0.2, -0.15) is 0 Å². The van der Waals surface area contributed by atoms with Crippen LogP contribution in [0.4, 0.5) is 11.4 Å². The number of rotatable bonds is 5. The first-order valence-electron chi connectivity index (χ1n) is 7.91. The molecule has 1 aromatic rings. The Kier molecular flexibility index (Phi) is 4.79. The maximum absolute atomic E-state index is 6.03. The first kappa shape index (κ1) is 15.0. The van der Waals surface area contributed by atoms with Gasteiger partial charge in [0.2, 0.25) is 0 Å². The van der Waals surface area contributed by atoms with E-state index >= 15 is 0 Å². The Labute approximate surface area is 123 Å². The maximum atomic E-state index is 6.03. The molecule has 2 rings (SSSR count). The molecule has 112 valence electrons. The maximum Gasteiger partial charge on any atom is 0.144 e. The summed E-state index contributed by atoms with van der Waals surface area (Å²) in [4.78, 5) is 2.58. The third-order valence-corrected chi connectivity index (χ3v) is 4.22. The lowest BCUT2D eigenvalue weighted by Crippen LogP contribution is -2.35. The summed E-state index contributed by atoms with van der Waals surface area (Å²) in [5.74, 6) is 0.814. The zero-order valence-corrected chi connectivity index (χ0v) is 13.2. The Hall–Kier alpha value is -1.38. The average molecular weight is 276 g/mol. The van der Waals surface area contributed by atoms with Gasteiger partial charge in [-0.15, -0.1) is 0 Å². The van der Waals surface area contributed by atoms with Crippen LogP contribution in [0.15, 0.2) is 18.2 Å². The van der Waals surface area contributed by atoms with Gasteiger partial charge in [0, 0.05) is 23.8 Å². The van der Waals surface area contributed by atoms with Crippen LogP contribution in [-0.2, 0) is 0 Å². The molecule has 1 saturated heterocycles.